The molecule has 0 saturated heterocycles. The van der Waals surface area contributed by atoms with E-state index in [9.17, 15) is 29.4 Å². The molecule has 3 atom stereocenters. The molecule has 2 N–H and O–H groups in total. The molecule has 4 bridgehead atoms. The lowest BCUT2D eigenvalue weighted by Crippen LogP contribution is -2.42. The molecule has 9 nitrogen and oxygen atoms in total. The van der Waals surface area contributed by atoms with Crippen LogP contribution in [0.5, 0.6) is 0 Å². The number of carboxylic acids is 2. The van der Waals surface area contributed by atoms with Crippen molar-refractivity contribution in [3.63, 3.8) is 0 Å². The standard InChI is InChI=1S/C22H21NO8/c1-3-5-6-9(4-2)8-23-18(24)12-13(19(23)25)17-22(21(28)29)14(15(12)31-17)11-7-10(20(26)27)16(22)30-11/h7,9,14H,3-6,8H2,1-2H3,(H,26,27)(H,28,29). The summed E-state index contributed by atoms with van der Waals surface area (Å²) in [5, 5.41) is 19.6. The van der Waals surface area contributed by atoms with Crippen molar-refractivity contribution < 1.29 is 38.2 Å². The fourth-order valence-corrected chi connectivity index (χ4v) is 5.28. The van der Waals surface area contributed by atoms with Crippen molar-refractivity contribution in [2.75, 3.05) is 6.54 Å². The topological polar surface area (TPSA) is 138 Å². The summed E-state index contributed by atoms with van der Waals surface area (Å²) in [7, 11) is 0. The van der Waals surface area contributed by atoms with Crippen LogP contribution in [-0.2, 0) is 10.2 Å². The molecule has 2 amide bonds. The van der Waals surface area contributed by atoms with E-state index in [1.54, 1.807) is 0 Å². The largest absolute Gasteiger partial charge is 0.480 e. The summed E-state index contributed by atoms with van der Waals surface area (Å²) in [5.41, 5.74) is -2.22. The Labute approximate surface area is 176 Å². The number of hydrogen-bond acceptors (Lipinski definition) is 6. The van der Waals surface area contributed by atoms with Crippen LogP contribution in [0.25, 0.3) is 0 Å². The molecule has 5 rings (SSSR count). The van der Waals surface area contributed by atoms with E-state index in [1.807, 2.05) is 6.92 Å². The fourth-order valence-electron chi connectivity index (χ4n) is 5.28. The highest BCUT2D eigenvalue weighted by Crippen LogP contribution is 2.64. The second kappa shape index (κ2) is 6.32. The number of furan rings is 2. The lowest BCUT2D eigenvalue weighted by molar-refractivity contribution is -0.142. The summed E-state index contributed by atoms with van der Waals surface area (Å²) in [6, 6.07) is 1.26. The Bertz CT molecular complexity index is 1170. The van der Waals surface area contributed by atoms with Crippen molar-refractivity contribution in [1.29, 1.82) is 0 Å². The normalized spacial score (nSPS) is 23.4. The minimum Gasteiger partial charge on any atom is -0.480 e. The minimum atomic E-state index is -1.95. The highest BCUT2D eigenvalue weighted by Gasteiger charge is 2.71. The van der Waals surface area contributed by atoms with Gasteiger partial charge in [-0.05, 0) is 18.4 Å². The number of unbranched alkanes of at least 4 members (excludes halogenated alkanes) is 1. The zero-order chi connectivity index (χ0) is 22.2. The number of carbonyl (C=O) groups excluding carboxylic acids is 2. The molecule has 0 radical (unpaired) electrons. The molecule has 2 aromatic rings. The van der Waals surface area contributed by atoms with Crippen LogP contribution in [0, 0.1) is 5.92 Å². The van der Waals surface area contributed by atoms with Gasteiger partial charge in [0.25, 0.3) is 11.8 Å². The maximum absolute atomic E-state index is 13.2. The third-order valence-corrected chi connectivity index (χ3v) is 6.85. The SMILES string of the molecule is CCCCC(CC)CN1C(=O)c2c3oc(c2C1=O)C1(C(=O)O)c2oc(cc2C(=O)O)C31. The first kappa shape index (κ1) is 19.6. The third kappa shape index (κ3) is 2.15. The van der Waals surface area contributed by atoms with Gasteiger partial charge in [0.2, 0.25) is 5.41 Å². The molecule has 0 saturated carbocycles. The minimum absolute atomic E-state index is 0.0699. The van der Waals surface area contributed by atoms with Gasteiger partial charge in [-0.15, -0.1) is 0 Å². The third-order valence-electron chi connectivity index (χ3n) is 6.85. The summed E-state index contributed by atoms with van der Waals surface area (Å²) in [4.78, 5) is 51.7. The van der Waals surface area contributed by atoms with Gasteiger partial charge in [-0.2, -0.15) is 0 Å². The average molecular weight is 427 g/mol. The number of nitrogens with zero attached hydrogens (tertiary/aromatic N) is 1. The van der Waals surface area contributed by atoms with Gasteiger partial charge < -0.3 is 19.0 Å². The van der Waals surface area contributed by atoms with Crippen LogP contribution < -0.4 is 0 Å². The van der Waals surface area contributed by atoms with Crippen LogP contribution in [0.2, 0.25) is 0 Å². The lowest BCUT2D eigenvalue weighted by atomic mass is 9.64. The van der Waals surface area contributed by atoms with E-state index in [4.69, 9.17) is 8.83 Å². The first-order valence-electron chi connectivity index (χ1n) is 10.4. The molecule has 3 aliphatic heterocycles. The first-order chi connectivity index (χ1) is 14.8. The van der Waals surface area contributed by atoms with Crippen LogP contribution in [0.1, 0.15) is 99.6 Å². The Hall–Kier alpha value is -3.36. The predicted molar refractivity (Wildman–Crippen MR) is 103 cm³/mol. The Morgan fingerprint density at radius 1 is 1.13 bits per heavy atom. The molecule has 2 aromatic heterocycles. The van der Waals surface area contributed by atoms with E-state index < -0.39 is 35.1 Å². The monoisotopic (exact) mass is 427 g/mol. The van der Waals surface area contributed by atoms with E-state index in [-0.39, 0.29) is 52.2 Å². The molecule has 0 fully saturated rings. The average Bonchev–Trinajstić information content (AvgIpc) is 3.51. The highest BCUT2D eigenvalue weighted by atomic mass is 16.4. The number of aliphatic carboxylic acids is 1. The fraction of sp³-hybridized carbons (Fsp3) is 0.455. The number of rotatable bonds is 8. The van der Waals surface area contributed by atoms with Crippen LogP contribution in [0.15, 0.2) is 14.9 Å². The molecular weight excluding hydrogens is 406 g/mol. The zero-order valence-electron chi connectivity index (χ0n) is 17.1. The number of imide groups is 1. The Morgan fingerprint density at radius 2 is 1.84 bits per heavy atom. The number of aromatic carboxylic acids is 1. The number of carboxylic acid groups (broad SMARTS) is 2. The van der Waals surface area contributed by atoms with Gasteiger partial charge in [0.05, 0.1) is 11.1 Å². The van der Waals surface area contributed by atoms with Crippen molar-refractivity contribution in [1.82, 2.24) is 4.90 Å². The summed E-state index contributed by atoms with van der Waals surface area (Å²) in [6.45, 7) is 4.34. The van der Waals surface area contributed by atoms with Gasteiger partial charge in [-0.1, -0.05) is 33.1 Å². The van der Waals surface area contributed by atoms with E-state index in [1.165, 1.54) is 11.0 Å². The van der Waals surface area contributed by atoms with E-state index in [2.05, 4.69) is 6.92 Å². The predicted octanol–water partition coefficient (Wildman–Crippen LogP) is 3.21. The molecule has 0 aromatic carbocycles. The van der Waals surface area contributed by atoms with E-state index in [0.29, 0.717) is 0 Å². The van der Waals surface area contributed by atoms with Gasteiger partial charge in [-0.3, -0.25) is 19.3 Å². The van der Waals surface area contributed by atoms with Crippen LogP contribution in [-0.4, -0.2) is 45.4 Å². The molecule has 0 spiro atoms. The lowest BCUT2D eigenvalue weighted by Gasteiger charge is -2.26. The highest BCUT2D eigenvalue weighted by molar-refractivity contribution is 6.24. The van der Waals surface area contributed by atoms with E-state index >= 15 is 0 Å². The second-order valence-electron chi connectivity index (χ2n) is 8.43. The van der Waals surface area contributed by atoms with Gasteiger partial charge in [0.1, 0.15) is 34.5 Å². The van der Waals surface area contributed by atoms with Crippen molar-refractivity contribution in [3.05, 3.63) is 45.8 Å². The Kier molecular flexibility index (Phi) is 3.99. The summed E-state index contributed by atoms with van der Waals surface area (Å²) >= 11 is 0. The van der Waals surface area contributed by atoms with E-state index in [0.717, 1.165) is 25.7 Å². The zero-order valence-corrected chi connectivity index (χ0v) is 17.1. The molecule has 9 heteroatoms. The Balaban J connectivity index is 1.59. The maximum atomic E-state index is 13.2. The van der Waals surface area contributed by atoms with Crippen molar-refractivity contribution in [2.24, 2.45) is 5.92 Å². The molecule has 162 valence electrons. The molecule has 3 aliphatic rings. The van der Waals surface area contributed by atoms with Crippen molar-refractivity contribution >= 4 is 23.8 Å². The number of hydrogen-bond donors (Lipinski definition) is 2. The quantitative estimate of drug-likeness (QED) is 0.613. The Morgan fingerprint density at radius 3 is 2.45 bits per heavy atom. The van der Waals surface area contributed by atoms with Gasteiger partial charge in [0.15, 0.2) is 0 Å². The number of amides is 2. The van der Waals surface area contributed by atoms with Gasteiger partial charge in [0, 0.05) is 6.54 Å². The maximum Gasteiger partial charge on any atom is 0.339 e. The summed E-state index contributed by atoms with van der Waals surface area (Å²) in [6.07, 6.45) is 3.69. The molecule has 5 heterocycles. The van der Waals surface area contributed by atoms with Gasteiger partial charge in [-0.25, -0.2) is 4.79 Å². The van der Waals surface area contributed by atoms with Gasteiger partial charge >= 0.3 is 11.9 Å². The van der Waals surface area contributed by atoms with Crippen LogP contribution >= 0.6 is 0 Å². The molecule has 0 aliphatic carbocycles. The second-order valence-corrected chi connectivity index (χ2v) is 8.43. The molecule has 3 unspecified atom stereocenters. The summed E-state index contributed by atoms with van der Waals surface area (Å²) < 4.78 is 11.3. The summed E-state index contributed by atoms with van der Waals surface area (Å²) in [5.74, 6) is -4.90. The number of fused-ring (bicyclic) bond motifs is 12. The molecule has 31 heavy (non-hydrogen) atoms. The first-order valence-corrected chi connectivity index (χ1v) is 10.4. The smallest absolute Gasteiger partial charge is 0.339 e. The van der Waals surface area contributed by atoms with Crippen molar-refractivity contribution in [3.8, 4) is 0 Å². The van der Waals surface area contributed by atoms with Crippen LogP contribution in [0.3, 0.4) is 0 Å². The van der Waals surface area contributed by atoms with Crippen molar-refractivity contribution in [2.45, 2.75) is 50.9 Å². The van der Waals surface area contributed by atoms with Crippen LogP contribution in [0.4, 0.5) is 0 Å². The number of carbonyl (C=O) groups is 4. The molecular formula is C22H21NO8.